The van der Waals surface area contributed by atoms with Gasteiger partial charge in [0.05, 0.1) is 35.2 Å². The average molecular weight is 673 g/mol. The van der Waals surface area contributed by atoms with Gasteiger partial charge in [-0.3, -0.25) is 0 Å². The van der Waals surface area contributed by atoms with E-state index >= 15 is 0 Å². The number of hydrogen-bond acceptors (Lipinski definition) is 7. The first-order valence-electron chi connectivity index (χ1n) is 16.6. The Morgan fingerprint density at radius 1 is 1.10 bits per heavy atom. The van der Waals surface area contributed by atoms with E-state index in [-0.39, 0.29) is 11.7 Å². The number of rotatable bonds is 3. The van der Waals surface area contributed by atoms with Gasteiger partial charge in [-0.2, -0.15) is 9.61 Å². The SMILES string of the molecule is Cc1cc2c(cc1Cl)O[C@@H](C)CC=CCOC1(C)CCN(CC1)c1c([C@H](OC(C)(C)C)C(=O)O)c(C)nc3cc(nn13)-c1cccc-2c1. The normalized spacial score (nSPS) is 20.8. The van der Waals surface area contributed by atoms with E-state index in [2.05, 4.69) is 49.1 Å². The van der Waals surface area contributed by atoms with Crippen molar-refractivity contribution in [1.29, 1.82) is 0 Å². The zero-order valence-corrected chi connectivity index (χ0v) is 29.6. The topological polar surface area (TPSA) is 98.4 Å². The van der Waals surface area contributed by atoms with E-state index in [0.29, 0.717) is 53.2 Å². The number of hydrogen-bond donors (Lipinski definition) is 1. The Morgan fingerprint density at radius 2 is 1.83 bits per heavy atom. The van der Waals surface area contributed by atoms with Gasteiger partial charge in [-0.15, -0.1) is 0 Å². The van der Waals surface area contributed by atoms with Gasteiger partial charge in [0.2, 0.25) is 0 Å². The smallest absolute Gasteiger partial charge is 0.337 e. The van der Waals surface area contributed by atoms with Crippen LogP contribution in [0.2, 0.25) is 5.02 Å². The molecule has 5 heterocycles. The summed E-state index contributed by atoms with van der Waals surface area (Å²) in [6.07, 6.45) is 5.09. The maximum absolute atomic E-state index is 12.8. The first kappa shape index (κ1) is 34.0. The summed E-state index contributed by atoms with van der Waals surface area (Å²) >= 11 is 6.59. The van der Waals surface area contributed by atoms with Crippen LogP contribution in [-0.4, -0.2) is 62.7 Å². The van der Waals surface area contributed by atoms with Gasteiger partial charge in [0.25, 0.3) is 0 Å². The molecule has 1 N–H and O–H groups in total. The molecule has 0 aliphatic carbocycles. The zero-order valence-electron chi connectivity index (χ0n) is 28.8. The lowest BCUT2D eigenvalue weighted by Crippen LogP contribution is -2.45. The summed E-state index contributed by atoms with van der Waals surface area (Å²) in [4.78, 5) is 19.9. The summed E-state index contributed by atoms with van der Waals surface area (Å²) in [5, 5.41) is 16.2. The minimum Gasteiger partial charge on any atom is -0.490 e. The number of ether oxygens (including phenoxy) is 3. The van der Waals surface area contributed by atoms with E-state index in [1.54, 1.807) is 4.52 Å². The van der Waals surface area contributed by atoms with Crippen molar-refractivity contribution in [2.24, 2.45) is 0 Å². The highest BCUT2D eigenvalue weighted by molar-refractivity contribution is 6.31. The molecular formula is C38H45ClN4O5. The van der Waals surface area contributed by atoms with Crippen LogP contribution in [0.5, 0.6) is 5.75 Å². The first-order valence-corrected chi connectivity index (χ1v) is 17.0. The molecule has 7 rings (SSSR count). The number of halogens is 1. The Morgan fingerprint density at radius 3 is 2.54 bits per heavy atom. The standard InChI is InChI=1S/C38H45ClN4O5/c1-23-19-28-26-12-10-13-27(20-26)30-22-32-40-25(3)33(34(36(44)45)48-37(4,5)6)35(43(32)41-30)42-16-14-38(7,15-17-42)46-18-9-8-11-24(2)47-31(28)21-29(23)39/h8-10,12-13,19-22,24,34H,11,14-18H2,1-7H3,(H,44,45)/t24-,34-/m0/s1. The van der Waals surface area contributed by atoms with E-state index in [1.807, 2.05) is 58.9 Å². The number of carbonyl (C=O) groups is 1. The highest BCUT2D eigenvalue weighted by atomic mass is 35.5. The molecule has 6 bridgehead atoms. The van der Waals surface area contributed by atoms with Crippen LogP contribution in [0.25, 0.3) is 28.0 Å². The van der Waals surface area contributed by atoms with E-state index in [4.69, 9.17) is 35.9 Å². The molecule has 2 aromatic carbocycles. The Hall–Kier alpha value is -3.92. The Labute approximate surface area is 287 Å². The lowest BCUT2D eigenvalue weighted by atomic mass is 9.92. The molecule has 2 aromatic heterocycles. The van der Waals surface area contributed by atoms with Gasteiger partial charge < -0.3 is 24.2 Å². The number of piperidine rings is 1. The second kappa shape index (κ2) is 13.2. The summed E-state index contributed by atoms with van der Waals surface area (Å²) < 4.78 is 20.9. The van der Waals surface area contributed by atoms with Crippen LogP contribution < -0.4 is 9.64 Å². The molecule has 2 atom stereocenters. The van der Waals surface area contributed by atoms with Crippen molar-refractivity contribution < 1.29 is 24.1 Å². The van der Waals surface area contributed by atoms with Gasteiger partial charge in [-0.1, -0.05) is 42.0 Å². The van der Waals surface area contributed by atoms with Gasteiger partial charge in [0.15, 0.2) is 11.8 Å². The van der Waals surface area contributed by atoms with Crippen LogP contribution >= 0.6 is 11.6 Å². The van der Waals surface area contributed by atoms with E-state index in [9.17, 15) is 9.90 Å². The number of benzene rings is 2. The van der Waals surface area contributed by atoms with E-state index < -0.39 is 17.7 Å². The molecule has 1 saturated heterocycles. The van der Waals surface area contributed by atoms with Crippen LogP contribution in [0.1, 0.15) is 76.8 Å². The zero-order chi connectivity index (χ0) is 34.4. The lowest BCUT2D eigenvalue weighted by molar-refractivity contribution is -0.160. The number of carboxylic acid groups (broad SMARTS) is 1. The molecule has 9 nitrogen and oxygen atoms in total. The maximum atomic E-state index is 12.8. The Bertz CT molecular complexity index is 1870. The number of aryl methyl sites for hydroxylation is 2. The van der Waals surface area contributed by atoms with Crippen molar-refractivity contribution in [2.75, 3.05) is 24.6 Å². The molecule has 3 aliphatic rings. The average Bonchev–Trinajstić information content (AvgIpc) is 3.44. The molecule has 1 fully saturated rings. The third kappa shape index (κ3) is 7.09. The van der Waals surface area contributed by atoms with Crippen molar-refractivity contribution in [1.82, 2.24) is 14.6 Å². The van der Waals surface area contributed by atoms with Gasteiger partial charge in [0.1, 0.15) is 11.6 Å². The molecule has 0 amide bonds. The van der Waals surface area contributed by atoms with Crippen LogP contribution in [0.3, 0.4) is 0 Å². The van der Waals surface area contributed by atoms with Gasteiger partial charge in [-0.25, -0.2) is 9.78 Å². The fourth-order valence-electron chi connectivity index (χ4n) is 6.49. The quantitative estimate of drug-likeness (QED) is 0.217. The van der Waals surface area contributed by atoms with E-state index in [1.165, 1.54) is 0 Å². The van der Waals surface area contributed by atoms with E-state index in [0.717, 1.165) is 47.2 Å². The number of anilines is 1. The third-order valence-electron chi connectivity index (χ3n) is 9.10. The van der Waals surface area contributed by atoms with Crippen molar-refractivity contribution in [3.63, 3.8) is 0 Å². The van der Waals surface area contributed by atoms with Crippen LogP contribution in [0, 0.1) is 13.8 Å². The molecule has 48 heavy (non-hydrogen) atoms. The molecule has 10 heteroatoms. The molecular weight excluding hydrogens is 628 g/mol. The van der Waals surface area contributed by atoms with Gasteiger partial charge in [-0.05, 0) is 90.6 Å². The molecule has 0 spiro atoms. The van der Waals surface area contributed by atoms with Crippen LogP contribution in [-0.2, 0) is 14.3 Å². The van der Waals surface area contributed by atoms with Gasteiger partial charge >= 0.3 is 5.97 Å². The highest BCUT2D eigenvalue weighted by Crippen LogP contribution is 2.40. The Balaban J connectivity index is 1.55. The molecule has 0 unspecified atom stereocenters. The molecule has 3 aliphatic heterocycles. The summed E-state index contributed by atoms with van der Waals surface area (Å²) in [6, 6.07) is 14.1. The largest absolute Gasteiger partial charge is 0.490 e. The molecule has 254 valence electrons. The van der Waals surface area contributed by atoms with Crippen molar-refractivity contribution >= 4 is 29.0 Å². The van der Waals surface area contributed by atoms with Crippen molar-refractivity contribution in [2.45, 2.75) is 91.1 Å². The summed E-state index contributed by atoms with van der Waals surface area (Å²) in [7, 11) is 0. The number of carboxylic acids is 1. The second-order valence-corrected chi connectivity index (χ2v) is 14.7. The number of aromatic nitrogens is 3. The maximum Gasteiger partial charge on any atom is 0.337 e. The van der Waals surface area contributed by atoms with Crippen molar-refractivity contribution in [3.05, 3.63) is 76.5 Å². The highest BCUT2D eigenvalue weighted by Gasteiger charge is 2.37. The monoisotopic (exact) mass is 672 g/mol. The third-order valence-corrected chi connectivity index (χ3v) is 9.51. The number of fused-ring (bicyclic) bond motifs is 7. The van der Waals surface area contributed by atoms with Gasteiger partial charge in [0, 0.05) is 47.4 Å². The predicted molar refractivity (Wildman–Crippen MR) is 189 cm³/mol. The number of aliphatic carboxylic acids is 1. The van der Waals surface area contributed by atoms with Crippen LogP contribution in [0.15, 0.2) is 54.6 Å². The Kier molecular flexibility index (Phi) is 9.32. The summed E-state index contributed by atoms with van der Waals surface area (Å²) in [6.45, 7) is 15.4. The lowest BCUT2D eigenvalue weighted by Gasteiger charge is -2.41. The molecule has 0 radical (unpaired) electrons. The van der Waals surface area contributed by atoms with Crippen molar-refractivity contribution in [3.8, 4) is 28.1 Å². The fraction of sp³-hybridized carbons (Fsp3) is 0.447. The summed E-state index contributed by atoms with van der Waals surface area (Å²) in [5.74, 6) is 0.329. The molecule has 0 saturated carbocycles. The number of nitrogens with zero attached hydrogens (tertiary/aromatic N) is 4. The van der Waals surface area contributed by atoms with Crippen LogP contribution in [0.4, 0.5) is 5.82 Å². The first-order chi connectivity index (χ1) is 22.7. The molecule has 4 aromatic rings. The minimum absolute atomic E-state index is 0.0800. The summed E-state index contributed by atoms with van der Waals surface area (Å²) in [5.41, 5.74) is 5.17. The fourth-order valence-corrected chi connectivity index (χ4v) is 6.65. The predicted octanol–water partition coefficient (Wildman–Crippen LogP) is 8.38. The second-order valence-electron chi connectivity index (χ2n) is 14.2. The minimum atomic E-state index is -1.23.